The summed E-state index contributed by atoms with van der Waals surface area (Å²) in [5.41, 5.74) is 0. The largest absolute Gasteiger partial charge is 0.462 e. The summed E-state index contributed by atoms with van der Waals surface area (Å²) < 4.78 is 35.0. The van der Waals surface area contributed by atoms with E-state index >= 15 is 0 Å². The minimum atomic E-state index is -3.89. The van der Waals surface area contributed by atoms with Crippen molar-refractivity contribution < 1.29 is 31.7 Å². The molecule has 0 saturated carbocycles. The fourth-order valence-corrected chi connectivity index (χ4v) is 1.32. The Hall–Kier alpha value is -1.41. The van der Waals surface area contributed by atoms with Crippen molar-refractivity contribution in [1.82, 2.24) is 0 Å². The van der Waals surface area contributed by atoms with Crippen LogP contribution in [0.5, 0.6) is 0 Å². The molecule has 1 saturated heterocycles. The van der Waals surface area contributed by atoms with E-state index in [-0.39, 0.29) is 13.0 Å². The summed E-state index contributed by atoms with van der Waals surface area (Å²) in [5.74, 6) is -1.34. The molecule has 1 heterocycles. The predicted molar refractivity (Wildman–Crippen MR) is 50.5 cm³/mol. The Kier molecular flexibility index (Phi) is 4.02. The average molecular weight is 250 g/mol. The number of ether oxygens (including phenoxy) is 2. The van der Waals surface area contributed by atoms with E-state index in [1.807, 2.05) is 0 Å². The zero-order valence-electron chi connectivity index (χ0n) is 8.25. The lowest BCUT2D eigenvalue weighted by molar-refractivity contribution is -0.151. The molecular weight excluding hydrogens is 240 g/mol. The smallest absolute Gasteiger partial charge is 0.334 e. The summed E-state index contributed by atoms with van der Waals surface area (Å²) in [5, 5.41) is 0.572. The molecule has 1 atom stereocenters. The molecule has 7 nitrogen and oxygen atoms in total. The van der Waals surface area contributed by atoms with E-state index in [1.54, 1.807) is 0 Å². The molecule has 0 aromatic carbocycles. The Morgan fingerprint density at radius 1 is 1.62 bits per heavy atom. The van der Waals surface area contributed by atoms with Crippen LogP contribution >= 0.6 is 0 Å². The first-order chi connectivity index (χ1) is 7.43. The molecular formula is C8H10O7S. The second-order valence-corrected chi connectivity index (χ2v) is 4.48. The summed E-state index contributed by atoms with van der Waals surface area (Å²) in [6, 6.07) is 0. The van der Waals surface area contributed by atoms with Gasteiger partial charge in [-0.15, -0.1) is 0 Å². The van der Waals surface area contributed by atoms with Gasteiger partial charge in [-0.1, -0.05) is 6.58 Å². The van der Waals surface area contributed by atoms with Gasteiger partial charge in [0.15, 0.2) is 6.61 Å². The van der Waals surface area contributed by atoms with Gasteiger partial charge in [0.2, 0.25) is 0 Å². The summed E-state index contributed by atoms with van der Waals surface area (Å²) in [6.07, 6.45) is -0.699. The molecule has 0 spiro atoms. The number of cyclic esters (lactones) is 1. The number of esters is 2. The van der Waals surface area contributed by atoms with Crippen molar-refractivity contribution in [2.45, 2.75) is 12.5 Å². The Morgan fingerprint density at radius 2 is 2.31 bits per heavy atom. The van der Waals surface area contributed by atoms with Crippen molar-refractivity contribution in [3.63, 3.8) is 0 Å². The molecule has 1 fully saturated rings. The summed E-state index contributed by atoms with van der Waals surface area (Å²) in [6.45, 7) is 2.23. The fourth-order valence-electron chi connectivity index (χ4n) is 0.964. The van der Waals surface area contributed by atoms with Crippen LogP contribution in [0.25, 0.3) is 0 Å². The van der Waals surface area contributed by atoms with Crippen molar-refractivity contribution in [2.24, 2.45) is 0 Å². The van der Waals surface area contributed by atoms with Gasteiger partial charge in [0, 0.05) is 0 Å². The van der Waals surface area contributed by atoms with E-state index in [2.05, 4.69) is 15.5 Å². The highest BCUT2D eigenvalue weighted by Crippen LogP contribution is 2.10. The molecule has 0 aromatic heterocycles. The van der Waals surface area contributed by atoms with Gasteiger partial charge < -0.3 is 9.47 Å². The lowest BCUT2D eigenvalue weighted by Gasteiger charge is -2.08. The van der Waals surface area contributed by atoms with Crippen LogP contribution in [0.2, 0.25) is 0 Å². The standard InChI is InChI=1S/C8H10O7S/c1-2-16(11,12)14-5-8(10)15-6-3-7(9)13-4-6/h2,6H,1,3-5H2. The molecule has 0 aliphatic carbocycles. The van der Waals surface area contributed by atoms with Gasteiger partial charge in [-0.05, 0) is 0 Å². The van der Waals surface area contributed by atoms with Crippen molar-refractivity contribution in [1.29, 1.82) is 0 Å². The Bertz CT molecular complexity index is 397. The van der Waals surface area contributed by atoms with Crippen LogP contribution in [-0.2, 0) is 33.4 Å². The molecule has 90 valence electrons. The zero-order valence-corrected chi connectivity index (χ0v) is 9.07. The Morgan fingerprint density at radius 3 is 2.81 bits per heavy atom. The Labute approximate surface area is 92.1 Å². The number of hydrogen-bond acceptors (Lipinski definition) is 7. The molecule has 16 heavy (non-hydrogen) atoms. The van der Waals surface area contributed by atoms with Gasteiger partial charge in [-0.2, -0.15) is 8.42 Å². The molecule has 0 aromatic rings. The van der Waals surface area contributed by atoms with E-state index in [0.29, 0.717) is 5.41 Å². The van der Waals surface area contributed by atoms with Crippen LogP contribution < -0.4 is 0 Å². The molecule has 0 N–H and O–H groups in total. The van der Waals surface area contributed by atoms with E-state index in [0.717, 1.165) is 0 Å². The normalized spacial score (nSPS) is 20.2. The molecule has 1 aliphatic rings. The lowest BCUT2D eigenvalue weighted by Crippen LogP contribution is -2.22. The minimum absolute atomic E-state index is 0.0151. The van der Waals surface area contributed by atoms with Crippen LogP contribution in [0, 0.1) is 0 Å². The Balaban J connectivity index is 2.31. The maximum absolute atomic E-state index is 11.1. The predicted octanol–water partition coefficient (Wildman–Crippen LogP) is -0.665. The summed E-state index contributed by atoms with van der Waals surface area (Å²) >= 11 is 0. The molecule has 8 heteroatoms. The monoisotopic (exact) mass is 250 g/mol. The average Bonchev–Trinajstić information content (AvgIpc) is 2.61. The first kappa shape index (κ1) is 12.7. The molecule has 1 unspecified atom stereocenters. The van der Waals surface area contributed by atoms with Gasteiger partial charge in [0.25, 0.3) is 10.1 Å². The first-order valence-electron chi connectivity index (χ1n) is 4.30. The maximum atomic E-state index is 11.1. The van der Waals surface area contributed by atoms with Crippen molar-refractivity contribution in [3.8, 4) is 0 Å². The SMILES string of the molecule is C=CS(=O)(=O)OCC(=O)OC1COC(=O)C1. The van der Waals surface area contributed by atoms with E-state index in [4.69, 9.17) is 4.74 Å². The molecule has 0 radical (unpaired) electrons. The first-order valence-corrected chi connectivity index (χ1v) is 5.77. The van der Waals surface area contributed by atoms with Gasteiger partial charge in [0.05, 0.1) is 11.8 Å². The maximum Gasteiger partial charge on any atom is 0.334 e. The van der Waals surface area contributed by atoms with E-state index < -0.39 is 34.8 Å². The summed E-state index contributed by atoms with van der Waals surface area (Å²) in [7, 11) is -3.89. The number of rotatable bonds is 5. The number of hydrogen-bond donors (Lipinski definition) is 0. The highest BCUT2D eigenvalue weighted by molar-refractivity contribution is 7.89. The summed E-state index contributed by atoms with van der Waals surface area (Å²) in [4.78, 5) is 21.7. The topological polar surface area (TPSA) is 96.0 Å². The van der Waals surface area contributed by atoms with E-state index in [1.165, 1.54) is 0 Å². The lowest BCUT2D eigenvalue weighted by atomic mass is 10.3. The van der Waals surface area contributed by atoms with Crippen LogP contribution in [0.4, 0.5) is 0 Å². The molecule has 1 aliphatic heterocycles. The highest BCUT2D eigenvalue weighted by atomic mass is 32.2. The fraction of sp³-hybridized carbons (Fsp3) is 0.500. The number of carbonyl (C=O) groups excluding carboxylic acids is 2. The van der Waals surface area contributed by atoms with Gasteiger partial charge in [-0.3, -0.25) is 8.98 Å². The third kappa shape index (κ3) is 3.99. The third-order valence-corrected chi connectivity index (χ3v) is 2.52. The van der Waals surface area contributed by atoms with Crippen LogP contribution in [0.1, 0.15) is 6.42 Å². The van der Waals surface area contributed by atoms with Crippen molar-refractivity contribution in [3.05, 3.63) is 12.0 Å². The van der Waals surface area contributed by atoms with Crippen molar-refractivity contribution in [2.75, 3.05) is 13.2 Å². The highest BCUT2D eigenvalue weighted by Gasteiger charge is 2.27. The van der Waals surface area contributed by atoms with Crippen LogP contribution in [0.15, 0.2) is 12.0 Å². The minimum Gasteiger partial charge on any atom is -0.462 e. The number of carbonyl (C=O) groups is 2. The molecule has 0 amide bonds. The van der Waals surface area contributed by atoms with Crippen LogP contribution in [0.3, 0.4) is 0 Å². The molecule has 1 rings (SSSR count). The quantitative estimate of drug-likeness (QED) is 0.471. The van der Waals surface area contributed by atoms with Crippen LogP contribution in [-0.4, -0.2) is 39.7 Å². The van der Waals surface area contributed by atoms with Gasteiger partial charge in [0.1, 0.15) is 12.7 Å². The van der Waals surface area contributed by atoms with E-state index in [9.17, 15) is 18.0 Å². The zero-order chi connectivity index (χ0) is 12.2. The van der Waals surface area contributed by atoms with Gasteiger partial charge in [-0.25, -0.2) is 4.79 Å². The second kappa shape index (κ2) is 5.08. The molecule has 0 bridgehead atoms. The van der Waals surface area contributed by atoms with Crippen molar-refractivity contribution >= 4 is 22.1 Å². The second-order valence-electron chi connectivity index (χ2n) is 2.92. The van der Waals surface area contributed by atoms with Gasteiger partial charge >= 0.3 is 11.9 Å². The third-order valence-electron chi connectivity index (χ3n) is 1.67.